The highest BCUT2D eigenvalue weighted by Crippen LogP contribution is 2.21. The van der Waals surface area contributed by atoms with Gasteiger partial charge in [-0.25, -0.2) is 0 Å². The molecule has 0 radical (unpaired) electrons. The summed E-state index contributed by atoms with van der Waals surface area (Å²) in [5.41, 5.74) is 3.35. The average Bonchev–Trinajstić information content (AvgIpc) is 2.91. The maximum Gasteiger partial charge on any atom is 0.272 e. The molecular weight excluding hydrogens is 342 g/mol. The van der Waals surface area contributed by atoms with Crippen molar-refractivity contribution in [2.24, 2.45) is 0 Å². The third-order valence-corrected chi connectivity index (χ3v) is 3.96. The number of aromatic amines is 1. The lowest BCUT2D eigenvalue weighted by atomic mass is 10.2. The summed E-state index contributed by atoms with van der Waals surface area (Å²) < 4.78 is 0.991. The summed E-state index contributed by atoms with van der Waals surface area (Å²) >= 11 is 3.43. The van der Waals surface area contributed by atoms with Gasteiger partial charge in [0, 0.05) is 40.8 Å². The fourth-order valence-electron chi connectivity index (χ4n) is 2.27. The first-order chi connectivity index (χ1) is 10.5. The van der Waals surface area contributed by atoms with Crippen molar-refractivity contribution < 1.29 is 4.79 Å². The van der Waals surface area contributed by atoms with Crippen LogP contribution in [0.2, 0.25) is 0 Å². The van der Waals surface area contributed by atoms with Crippen LogP contribution >= 0.6 is 15.9 Å². The lowest BCUT2D eigenvalue weighted by molar-refractivity contribution is 0.102. The number of benzene rings is 2. The predicted octanol–water partition coefficient (Wildman–Crippen LogP) is 4.25. The third kappa shape index (κ3) is 2.99. The molecule has 0 aliphatic carbocycles. The van der Waals surface area contributed by atoms with Crippen molar-refractivity contribution in [2.75, 3.05) is 24.3 Å². The summed E-state index contributed by atoms with van der Waals surface area (Å²) in [5, 5.41) is 3.90. The summed E-state index contributed by atoms with van der Waals surface area (Å²) in [6, 6.07) is 15.5. The number of aromatic nitrogens is 1. The van der Waals surface area contributed by atoms with Gasteiger partial charge >= 0.3 is 0 Å². The van der Waals surface area contributed by atoms with Crippen molar-refractivity contribution in [3.63, 3.8) is 0 Å². The zero-order valence-electron chi connectivity index (χ0n) is 12.4. The van der Waals surface area contributed by atoms with E-state index in [1.807, 2.05) is 67.5 Å². The molecule has 5 heteroatoms. The van der Waals surface area contributed by atoms with Gasteiger partial charge in [-0.2, -0.15) is 0 Å². The second-order valence-corrected chi connectivity index (χ2v) is 6.23. The van der Waals surface area contributed by atoms with Crippen molar-refractivity contribution in [1.29, 1.82) is 0 Å². The number of amides is 1. The molecule has 2 N–H and O–H groups in total. The highest BCUT2D eigenvalue weighted by molar-refractivity contribution is 9.10. The maximum absolute atomic E-state index is 12.3. The van der Waals surface area contributed by atoms with Crippen LogP contribution in [0.1, 0.15) is 10.5 Å². The molecule has 4 nitrogen and oxygen atoms in total. The van der Waals surface area contributed by atoms with E-state index in [4.69, 9.17) is 0 Å². The van der Waals surface area contributed by atoms with Crippen LogP contribution in [0.3, 0.4) is 0 Å². The van der Waals surface area contributed by atoms with Crippen LogP contribution in [0.15, 0.2) is 53.0 Å². The van der Waals surface area contributed by atoms with Crippen LogP contribution in [-0.4, -0.2) is 25.0 Å². The molecule has 0 spiro atoms. The predicted molar refractivity (Wildman–Crippen MR) is 94.7 cm³/mol. The largest absolute Gasteiger partial charge is 0.378 e. The summed E-state index contributed by atoms with van der Waals surface area (Å²) in [4.78, 5) is 17.5. The molecule has 3 aromatic rings. The van der Waals surface area contributed by atoms with Crippen LogP contribution in [0.25, 0.3) is 10.9 Å². The molecule has 0 saturated carbocycles. The van der Waals surface area contributed by atoms with Gasteiger partial charge in [-0.15, -0.1) is 0 Å². The second-order valence-electron chi connectivity index (χ2n) is 5.31. The van der Waals surface area contributed by atoms with E-state index < -0.39 is 0 Å². The van der Waals surface area contributed by atoms with Gasteiger partial charge < -0.3 is 15.2 Å². The Morgan fingerprint density at radius 2 is 1.82 bits per heavy atom. The fraction of sp³-hybridized carbons (Fsp3) is 0.118. The zero-order chi connectivity index (χ0) is 15.7. The summed E-state index contributed by atoms with van der Waals surface area (Å²) in [6.07, 6.45) is 0. The number of hydrogen-bond acceptors (Lipinski definition) is 2. The van der Waals surface area contributed by atoms with Gasteiger partial charge in [0.25, 0.3) is 5.91 Å². The lowest BCUT2D eigenvalue weighted by Gasteiger charge is -2.12. The molecule has 2 aromatic carbocycles. The van der Waals surface area contributed by atoms with Crippen molar-refractivity contribution in [1.82, 2.24) is 4.98 Å². The Balaban J connectivity index is 1.80. The van der Waals surface area contributed by atoms with Gasteiger partial charge in [0.05, 0.1) is 0 Å². The topological polar surface area (TPSA) is 48.1 Å². The number of carbonyl (C=O) groups excluding carboxylic acids is 1. The molecule has 22 heavy (non-hydrogen) atoms. The number of nitrogens with zero attached hydrogens (tertiary/aromatic N) is 1. The second kappa shape index (κ2) is 5.85. The van der Waals surface area contributed by atoms with E-state index in [-0.39, 0.29) is 5.91 Å². The number of halogens is 1. The van der Waals surface area contributed by atoms with Crippen molar-refractivity contribution in [3.8, 4) is 0 Å². The van der Waals surface area contributed by atoms with Crippen molar-refractivity contribution in [2.45, 2.75) is 0 Å². The summed E-state index contributed by atoms with van der Waals surface area (Å²) in [6.45, 7) is 0. The SMILES string of the molecule is CN(C)c1ccc(NC(=O)c2cc3cc(Br)ccc3[nH]2)cc1. The van der Waals surface area contributed by atoms with Crippen LogP contribution in [0.4, 0.5) is 11.4 Å². The minimum absolute atomic E-state index is 0.148. The molecule has 3 rings (SSSR count). The van der Waals surface area contributed by atoms with E-state index in [0.717, 1.165) is 26.8 Å². The Kier molecular flexibility index (Phi) is 3.90. The van der Waals surface area contributed by atoms with Crippen LogP contribution in [0.5, 0.6) is 0 Å². The molecule has 1 aromatic heterocycles. The number of nitrogens with one attached hydrogen (secondary N) is 2. The van der Waals surface area contributed by atoms with Gasteiger partial charge in [0.2, 0.25) is 0 Å². The molecule has 0 saturated heterocycles. The van der Waals surface area contributed by atoms with E-state index >= 15 is 0 Å². The van der Waals surface area contributed by atoms with Gasteiger partial charge in [-0.3, -0.25) is 4.79 Å². The molecule has 0 bridgehead atoms. The molecule has 0 aliphatic rings. The minimum atomic E-state index is -0.148. The Labute approximate surface area is 137 Å². The van der Waals surface area contributed by atoms with Crippen LogP contribution < -0.4 is 10.2 Å². The monoisotopic (exact) mass is 357 g/mol. The average molecular weight is 358 g/mol. The number of rotatable bonds is 3. The number of H-pyrrole nitrogens is 1. The molecular formula is C17H16BrN3O. The zero-order valence-corrected chi connectivity index (χ0v) is 13.9. The third-order valence-electron chi connectivity index (χ3n) is 3.47. The summed E-state index contributed by atoms with van der Waals surface area (Å²) in [5.74, 6) is -0.148. The van der Waals surface area contributed by atoms with Gasteiger partial charge in [0.1, 0.15) is 5.69 Å². The highest BCUT2D eigenvalue weighted by Gasteiger charge is 2.10. The van der Waals surface area contributed by atoms with Crippen molar-refractivity contribution in [3.05, 3.63) is 58.7 Å². The van der Waals surface area contributed by atoms with Gasteiger partial charge in [-0.05, 0) is 48.5 Å². The Morgan fingerprint density at radius 3 is 2.50 bits per heavy atom. The molecule has 112 valence electrons. The highest BCUT2D eigenvalue weighted by atomic mass is 79.9. The molecule has 1 amide bonds. The first-order valence-corrected chi connectivity index (χ1v) is 7.69. The lowest BCUT2D eigenvalue weighted by Crippen LogP contribution is -2.12. The standard InChI is InChI=1S/C17H16BrN3O/c1-21(2)14-6-4-13(5-7-14)19-17(22)16-10-11-9-12(18)3-8-15(11)20-16/h3-10,20H,1-2H3,(H,19,22). The molecule has 1 heterocycles. The van der Waals surface area contributed by atoms with Crippen molar-refractivity contribution >= 4 is 44.1 Å². The van der Waals surface area contributed by atoms with E-state index in [1.165, 1.54) is 0 Å². The Bertz CT molecular complexity index is 822. The first kappa shape index (κ1) is 14.7. The van der Waals surface area contributed by atoms with Gasteiger partial charge in [-0.1, -0.05) is 15.9 Å². The normalized spacial score (nSPS) is 10.7. The van der Waals surface area contributed by atoms with E-state index in [0.29, 0.717) is 5.69 Å². The number of fused-ring (bicyclic) bond motifs is 1. The van der Waals surface area contributed by atoms with E-state index in [1.54, 1.807) is 0 Å². The smallest absolute Gasteiger partial charge is 0.272 e. The van der Waals surface area contributed by atoms with Crippen LogP contribution in [0, 0.1) is 0 Å². The fourth-order valence-corrected chi connectivity index (χ4v) is 2.65. The molecule has 0 atom stereocenters. The van der Waals surface area contributed by atoms with Gasteiger partial charge in [0.15, 0.2) is 0 Å². The van der Waals surface area contributed by atoms with E-state index in [2.05, 4.69) is 26.2 Å². The molecule has 0 unspecified atom stereocenters. The molecule has 0 aliphatic heterocycles. The minimum Gasteiger partial charge on any atom is -0.378 e. The number of anilines is 2. The number of carbonyl (C=O) groups is 1. The maximum atomic E-state index is 12.3. The summed E-state index contributed by atoms with van der Waals surface area (Å²) in [7, 11) is 3.96. The Hall–Kier alpha value is -2.27. The Morgan fingerprint density at radius 1 is 1.09 bits per heavy atom. The molecule has 0 fully saturated rings. The number of hydrogen-bond donors (Lipinski definition) is 2. The first-order valence-electron chi connectivity index (χ1n) is 6.90. The van der Waals surface area contributed by atoms with E-state index in [9.17, 15) is 4.79 Å². The van der Waals surface area contributed by atoms with Crippen LogP contribution in [-0.2, 0) is 0 Å². The quantitative estimate of drug-likeness (QED) is 0.735.